The summed E-state index contributed by atoms with van der Waals surface area (Å²) in [6.07, 6.45) is 2.11. The van der Waals surface area contributed by atoms with Crippen molar-refractivity contribution in [1.29, 1.82) is 0 Å². The highest BCUT2D eigenvalue weighted by Gasteiger charge is 2.21. The SMILES string of the molecule is CCCc1ccc(N(C(=S)Oc2ccc(C)cc2)C(=S)Oc2ccc(C)cc2)cc1. The van der Waals surface area contributed by atoms with Crippen LogP contribution in [0.5, 0.6) is 11.5 Å². The summed E-state index contributed by atoms with van der Waals surface area (Å²) >= 11 is 11.2. The third-order valence-electron chi connectivity index (χ3n) is 4.55. The van der Waals surface area contributed by atoms with Crippen LogP contribution in [0.1, 0.15) is 30.0 Å². The molecule has 3 aromatic carbocycles. The van der Waals surface area contributed by atoms with Crippen molar-refractivity contribution in [3.05, 3.63) is 89.5 Å². The molecule has 0 fully saturated rings. The number of benzene rings is 3. The largest absolute Gasteiger partial charge is 0.431 e. The molecule has 0 atom stereocenters. The Balaban J connectivity index is 1.86. The van der Waals surface area contributed by atoms with Crippen molar-refractivity contribution in [1.82, 2.24) is 0 Å². The van der Waals surface area contributed by atoms with E-state index in [1.165, 1.54) is 5.56 Å². The molecule has 3 nitrogen and oxygen atoms in total. The lowest BCUT2D eigenvalue weighted by molar-refractivity contribution is 0.530. The van der Waals surface area contributed by atoms with E-state index < -0.39 is 0 Å². The smallest absolute Gasteiger partial charge is 0.277 e. The van der Waals surface area contributed by atoms with Gasteiger partial charge in [0.05, 0.1) is 5.69 Å². The monoisotopic (exact) mass is 435 g/mol. The van der Waals surface area contributed by atoms with Crippen molar-refractivity contribution in [2.24, 2.45) is 0 Å². The van der Waals surface area contributed by atoms with Crippen LogP contribution in [0, 0.1) is 13.8 Å². The number of ether oxygens (including phenoxy) is 2. The van der Waals surface area contributed by atoms with Crippen LogP contribution in [-0.2, 0) is 6.42 Å². The lowest BCUT2D eigenvalue weighted by Gasteiger charge is -2.25. The van der Waals surface area contributed by atoms with Gasteiger partial charge in [-0.25, -0.2) is 4.90 Å². The Bertz CT molecular complexity index is 937. The molecule has 0 saturated carbocycles. The highest BCUT2D eigenvalue weighted by molar-refractivity contribution is 7.82. The molecule has 30 heavy (non-hydrogen) atoms. The minimum Gasteiger partial charge on any atom is -0.431 e. The van der Waals surface area contributed by atoms with Crippen molar-refractivity contribution in [3.8, 4) is 11.5 Å². The average molecular weight is 436 g/mol. The van der Waals surface area contributed by atoms with Crippen LogP contribution in [0.25, 0.3) is 0 Å². The quantitative estimate of drug-likeness (QED) is 0.410. The third kappa shape index (κ3) is 5.88. The molecular formula is C25H25NO2S2. The zero-order valence-corrected chi connectivity index (χ0v) is 19.1. The van der Waals surface area contributed by atoms with E-state index in [1.807, 2.05) is 74.5 Å². The summed E-state index contributed by atoms with van der Waals surface area (Å²) in [5.41, 5.74) is 4.35. The number of hydrogen-bond donors (Lipinski definition) is 0. The molecule has 0 heterocycles. The molecule has 0 aliphatic rings. The Labute approximate surface area is 189 Å². The molecule has 0 amide bonds. The topological polar surface area (TPSA) is 21.7 Å². The fourth-order valence-corrected chi connectivity index (χ4v) is 3.52. The first-order valence-corrected chi connectivity index (χ1v) is 10.7. The number of hydrogen-bond acceptors (Lipinski definition) is 4. The summed E-state index contributed by atoms with van der Waals surface area (Å²) in [7, 11) is 0. The second kappa shape index (κ2) is 10.3. The average Bonchev–Trinajstić information content (AvgIpc) is 2.73. The van der Waals surface area contributed by atoms with E-state index in [9.17, 15) is 0 Å². The van der Waals surface area contributed by atoms with Crippen LogP contribution < -0.4 is 14.4 Å². The molecule has 3 rings (SSSR count). The van der Waals surface area contributed by atoms with Gasteiger partial charge in [-0.05, 0) is 86.7 Å². The van der Waals surface area contributed by atoms with E-state index >= 15 is 0 Å². The molecule has 5 heteroatoms. The van der Waals surface area contributed by atoms with Gasteiger partial charge in [0.15, 0.2) is 0 Å². The van der Waals surface area contributed by atoms with Crippen LogP contribution >= 0.6 is 24.4 Å². The Morgan fingerprint density at radius 2 is 1.13 bits per heavy atom. The van der Waals surface area contributed by atoms with E-state index in [1.54, 1.807) is 4.90 Å². The van der Waals surface area contributed by atoms with E-state index in [0.29, 0.717) is 11.5 Å². The lowest BCUT2D eigenvalue weighted by atomic mass is 10.1. The number of aryl methyl sites for hydroxylation is 3. The fourth-order valence-electron chi connectivity index (χ4n) is 2.89. The van der Waals surface area contributed by atoms with Gasteiger partial charge in [-0.2, -0.15) is 0 Å². The second-order valence-corrected chi connectivity index (χ2v) is 7.81. The molecule has 0 saturated heterocycles. The van der Waals surface area contributed by atoms with Gasteiger partial charge in [0, 0.05) is 0 Å². The van der Waals surface area contributed by atoms with Gasteiger partial charge in [-0.15, -0.1) is 0 Å². The Morgan fingerprint density at radius 3 is 1.53 bits per heavy atom. The molecule has 0 radical (unpaired) electrons. The maximum absolute atomic E-state index is 5.93. The lowest BCUT2D eigenvalue weighted by Crippen LogP contribution is -2.40. The van der Waals surface area contributed by atoms with Crippen molar-refractivity contribution in [3.63, 3.8) is 0 Å². The van der Waals surface area contributed by atoms with Gasteiger partial charge in [0.25, 0.3) is 10.3 Å². The third-order valence-corrected chi connectivity index (χ3v) is 5.08. The highest BCUT2D eigenvalue weighted by Crippen LogP contribution is 2.22. The number of anilines is 1. The van der Waals surface area contributed by atoms with Crippen molar-refractivity contribution >= 4 is 40.5 Å². The molecule has 0 aliphatic heterocycles. The fraction of sp³-hybridized carbons (Fsp3) is 0.200. The van der Waals surface area contributed by atoms with Gasteiger partial charge >= 0.3 is 0 Å². The van der Waals surface area contributed by atoms with Crippen LogP contribution in [0.4, 0.5) is 5.69 Å². The first-order chi connectivity index (χ1) is 14.5. The predicted molar refractivity (Wildman–Crippen MR) is 132 cm³/mol. The predicted octanol–water partition coefficient (Wildman–Crippen LogP) is 6.79. The van der Waals surface area contributed by atoms with Gasteiger partial charge in [-0.3, -0.25) is 0 Å². The number of rotatable bonds is 5. The Morgan fingerprint density at radius 1 is 0.700 bits per heavy atom. The summed E-state index contributed by atoms with van der Waals surface area (Å²) in [5, 5.41) is 0.415. The maximum Gasteiger partial charge on any atom is 0.277 e. The summed E-state index contributed by atoms with van der Waals surface area (Å²) < 4.78 is 11.9. The summed E-state index contributed by atoms with van der Waals surface area (Å²) in [5.74, 6) is 1.30. The molecule has 0 N–H and O–H groups in total. The number of thiocarbonyl (C=S) groups is 2. The number of nitrogens with zero attached hydrogens (tertiary/aromatic N) is 1. The Kier molecular flexibility index (Phi) is 7.55. The molecule has 0 aliphatic carbocycles. The zero-order chi connectivity index (χ0) is 21.5. The normalized spacial score (nSPS) is 10.4. The highest BCUT2D eigenvalue weighted by atomic mass is 32.1. The van der Waals surface area contributed by atoms with E-state index in [-0.39, 0.29) is 10.3 Å². The first kappa shape index (κ1) is 21.9. The summed E-state index contributed by atoms with van der Waals surface area (Å²) in [6, 6.07) is 23.6. The molecule has 3 aromatic rings. The van der Waals surface area contributed by atoms with Crippen LogP contribution in [0.2, 0.25) is 0 Å². The molecule has 0 unspecified atom stereocenters. The summed E-state index contributed by atoms with van der Waals surface area (Å²) in [6.45, 7) is 6.21. The standard InChI is InChI=1S/C25H25NO2S2/c1-4-5-20-10-12-21(13-11-20)26(24(29)27-22-14-6-18(2)7-15-22)25(30)28-23-16-8-19(3)9-17-23/h6-17H,4-5H2,1-3H3. The molecule has 0 bridgehead atoms. The second-order valence-electron chi connectivity index (χ2n) is 7.11. The minimum absolute atomic E-state index is 0.208. The van der Waals surface area contributed by atoms with Crippen molar-refractivity contribution in [2.45, 2.75) is 33.6 Å². The van der Waals surface area contributed by atoms with E-state index in [2.05, 4.69) is 19.1 Å². The Hall–Kier alpha value is -2.76. The maximum atomic E-state index is 5.93. The van der Waals surface area contributed by atoms with Gasteiger partial charge in [0.2, 0.25) is 0 Å². The van der Waals surface area contributed by atoms with Crippen LogP contribution in [0.3, 0.4) is 0 Å². The van der Waals surface area contributed by atoms with Crippen molar-refractivity contribution in [2.75, 3.05) is 4.90 Å². The summed E-state index contributed by atoms with van der Waals surface area (Å²) in [4.78, 5) is 1.64. The van der Waals surface area contributed by atoms with Crippen LogP contribution in [-0.4, -0.2) is 10.3 Å². The van der Waals surface area contributed by atoms with Gasteiger partial charge < -0.3 is 9.47 Å². The molecule has 154 valence electrons. The van der Waals surface area contributed by atoms with E-state index in [0.717, 1.165) is 29.7 Å². The first-order valence-electron chi connectivity index (χ1n) is 9.92. The van der Waals surface area contributed by atoms with Gasteiger partial charge in [0.1, 0.15) is 11.5 Å². The van der Waals surface area contributed by atoms with Gasteiger partial charge in [-0.1, -0.05) is 60.9 Å². The van der Waals surface area contributed by atoms with Crippen molar-refractivity contribution < 1.29 is 9.47 Å². The zero-order valence-electron chi connectivity index (χ0n) is 17.4. The van der Waals surface area contributed by atoms with Crippen LogP contribution in [0.15, 0.2) is 72.8 Å². The molecule has 0 spiro atoms. The van der Waals surface area contributed by atoms with E-state index in [4.69, 9.17) is 33.9 Å². The molecular weight excluding hydrogens is 410 g/mol. The minimum atomic E-state index is 0.208. The molecule has 0 aromatic heterocycles.